The highest BCUT2D eigenvalue weighted by Crippen LogP contribution is 2.41. The van der Waals surface area contributed by atoms with E-state index in [-0.39, 0.29) is 0 Å². The summed E-state index contributed by atoms with van der Waals surface area (Å²) >= 11 is 3.54. The predicted molar refractivity (Wildman–Crippen MR) is 71.0 cm³/mol. The molecule has 1 saturated heterocycles. The van der Waals surface area contributed by atoms with E-state index in [9.17, 15) is 4.79 Å². The van der Waals surface area contributed by atoms with Crippen LogP contribution in [-0.2, 0) is 11.2 Å². The van der Waals surface area contributed by atoms with Gasteiger partial charge in [-0.2, -0.15) is 0 Å². The Morgan fingerprint density at radius 2 is 2.12 bits per heavy atom. The molecule has 3 rings (SSSR count). The first-order chi connectivity index (χ1) is 8.16. The lowest BCUT2D eigenvalue weighted by molar-refractivity contribution is -0.135. The lowest BCUT2D eigenvalue weighted by Gasteiger charge is -2.43. The van der Waals surface area contributed by atoms with E-state index in [4.69, 9.17) is 0 Å². The highest BCUT2D eigenvalue weighted by molar-refractivity contribution is 9.10. The van der Waals surface area contributed by atoms with Gasteiger partial charge < -0.3 is 4.90 Å². The average Bonchev–Trinajstić information content (AvgIpc) is 2.33. The van der Waals surface area contributed by atoms with Gasteiger partial charge in [0.25, 0.3) is 0 Å². The number of aryl methyl sites for hydroxylation is 1. The van der Waals surface area contributed by atoms with E-state index in [1.807, 2.05) is 11.9 Å². The minimum absolute atomic E-state index is 0.312. The second-order valence-electron chi connectivity index (χ2n) is 5.10. The molecule has 2 aliphatic rings. The first-order valence-corrected chi connectivity index (χ1v) is 7.00. The van der Waals surface area contributed by atoms with E-state index in [1.165, 1.54) is 11.1 Å². The molecule has 0 saturated carbocycles. The number of fused-ring (bicyclic) bond motifs is 3. The van der Waals surface area contributed by atoms with Crippen LogP contribution in [0, 0.1) is 0 Å². The lowest BCUT2D eigenvalue weighted by Crippen LogP contribution is -2.47. The number of likely N-dealkylation sites (N-methyl/N-ethyl adjacent to an activating group) is 1. The normalized spacial score (nSPS) is 27.6. The second kappa shape index (κ2) is 4.13. The van der Waals surface area contributed by atoms with Gasteiger partial charge in [-0.1, -0.05) is 22.0 Å². The van der Waals surface area contributed by atoms with Gasteiger partial charge in [0, 0.05) is 29.9 Å². The minimum Gasteiger partial charge on any atom is -0.342 e. The number of carbonyl (C=O) groups excluding carboxylic acids is 1. The van der Waals surface area contributed by atoms with Crippen LogP contribution in [0.25, 0.3) is 0 Å². The Morgan fingerprint density at radius 1 is 1.29 bits per heavy atom. The number of halogens is 1. The molecular formula is C14H16BrNO. The van der Waals surface area contributed by atoms with Crippen LogP contribution >= 0.6 is 15.9 Å². The fourth-order valence-corrected chi connectivity index (χ4v) is 3.72. The second-order valence-corrected chi connectivity index (χ2v) is 6.01. The molecule has 0 aromatic heterocycles. The maximum Gasteiger partial charge on any atom is 0.222 e. The summed E-state index contributed by atoms with van der Waals surface area (Å²) in [6, 6.07) is 7.02. The Labute approximate surface area is 110 Å². The van der Waals surface area contributed by atoms with Gasteiger partial charge in [-0.3, -0.25) is 4.79 Å². The molecule has 1 aliphatic heterocycles. The Bertz CT molecular complexity index is 471. The maximum atomic E-state index is 11.7. The summed E-state index contributed by atoms with van der Waals surface area (Å²) in [6.07, 6.45) is 3.92. The van der Waals surface area contributed by atoms with E-state index in [0.29, 0.717) is 24.3 Å². The number of amides is 1. The first kappa shape index (κ1) is 11.3. The number of likely N-dealkylation sites (tertiary alicyclic amines) is 1. The summed E-state index contributed by atoms with van der Waals surface area (Å²) in [6.45, 7) is 0. The van der Waals surface area contributed by atoms with Crippen LogP contribution in [0.4, 0.5) is 0 Å². The highest BCUT2D eigenvalue weighted by atomic mass is 79.9. The van der Waals surface area contributed by atoms with Crippen molar-refractivity contribution in [3.8, 4) is 0 Å². The third-order valence-corrected chi connectivity index (χ3v) is 4.73. The fourth-order valence-electron chi connectivity index (χ4n) is 3.32. The number of hydrogen-bond donors (Lipinski definition) is 0. The third kappa shape index (κ3) is 1.81. The topological polar surface area (TPSA) is 20.3 Å². The lowest BCUT2D eigenvalue weighted by atomic mass is 9.74. The largest absolute Gasteiger partial charge is 0.342 e. The van der Waals surface area contributed by atoms with Gasteiger partial charge in [0.2, 0.25) is 5.91 Å². The highest BCUT2D eigenvalue weighted by Gasteiger charge is 2.37. The molecule has 1 aromatic carbocycles. The van der Waals surface area contributed by atoms with E-state index in [2.05, 4.69) is 34.1 Å². The van der Waals surface area contributed by atoms with Crippen molar-refractivity contribution in [1.29, 1.82) is 0 Å². The van der Waals surface area contributed by atoms with E-state index < -0.39 is 0 Å². The van der Waals surface area contributed by atoms with Gasteiger partial charge in [0.05, 0.1) is 0 Å². The fraction of sp³-hybridized carbons (Fsp3) is 0.500. The van der Waals surface area contributed by atoms with Crippen LogP contribution in [0.3, 0.4) is 0 Å². The molecule has 0 spiro atoms. The van der Waals surface area contributed by atoms with Crippen LogP contribution in [0.2, 0.25) is 0 Å². The summed E-state index contributed by atoms with van der Waals surface area (Å²) in [4.78, 5) is 13.7. The van der Waals surface area contributed by atoms with E-state index in [1.54, 1.807) is 0 Å². The summed E-state index contributed by atoms with van der Waals surface area (Å²) in [5.74, 6) is 0.862. The molecule has 1 aromatic rings. The van der Waals surface area contributed by atoms with Crippen molar-refractivity contribution < 1.29 is 4.79 Å². The molecule has 0 bridgehead atoms. The molecule has 0 radical (unpaired) electrons. The molecule has 1 aliphatic carbocycles. The third-order valence-electron chi connectivity index (χ3n) is 4.24. The Balaban J connectivity index is 1.99. The van der Waals surface area contributed by atoms with E-state index in [0.717, 1.165) is 23.7 Å². The number of hydrogen-bond acceptors (Lipinski definition) is 1. The van der Waals surface area contributed by atoms with Crippen LogP contribution < -0.4 is 0 Å². The average molecular weight is 294 g/mol. The van der Waals surface area contributed by atoms with Crippen molar-refractivity contribution in [3.05, 3.63) is 33.8 Å². The number of benzene rings is 1. The van der Waals surface area contributed by atoms with Gasteiger partial charge in [0.1, 0.15) is 0 Å². The summed E-state index contributed by atoms with van der Waals surface area (Å²) in [7, 11) is 1.96. The Hall–Kier alpha value is -0.830. The van der Waals surface area contributed by atoms with Gasteiger partial charge in [-0.15, -0.1) is 0 Å². The van der Waals surface area contributed by atoms with Crippen molar-refractivity contribution in [3.63, 3.8) is 0 Å². The van der Waals surface area contributed by atoms with Gasteiger partial charge in [-0.25, -0.2) is 0 Å². The molecular weight excluding hydrogens is 278 g/mol. The molecule has 17 heavy (non-hydrogen) atoms. The number of piperidine rings is 1. The van der Waals surface area contributed by atoms with Crippen LogP contribution in [-0.4, -0.2) is 23.9 Å². The molecule has 0 unspecified atom stereocenters. The first-order valence-electron chi connectivity index (χ1n) is 6.21. The zero-order valence-corrected chi connectivity index (χ0v) is 11.5. The van der Waals surface area contributed by atoms with Crippen molar-refractivity contribution in [1.82, 2.24) is 4.90 Å². The van der Waals surface area contributed by atoms with Crippen LogP contribution in [0.15, 0.2) is 22.7 Å². The zero-order chi connectivity index (χ0) is 12.0. The summed E-state index contributed by atoms with van der Waals surface area (Å²) in [5.41, 5.74) is 2.92. The maximum absolute atomic E-state index is 11.7. The van der Waals surface area contributed by atoms with Gasteiger partial charge >= 0.3 is 0 Å². The Morgan fingerprint density at radius 3 is 2.94 bits per heavy atom. The molecule has 3 heteroatoms. The number of carbonyl (C=O) groups is 1. The smallest absolute Gasteiger partial charge is 0.222 e. The number of rotatable bonds is 0. The van der Waals surface area contributed by atoms with E-state index >= 15 is 0 Å². The SMILES string of the molecule is CN1C(=O)CC[C@H]2c3ccc(Br)cc3CC[C@H]21. The molecule has 2 nitrogen and oxygen atoms in total. The van der Waals surface area contributed by atoms with Crippen LogP contribution in [0.5, 0.6) is 0 Å². The zero-order valence-electron chi connectivity index (χ0n) is 9.95. The van der Waals surface area contributed by atoms with Crippen molar-refractivity contribution >= 4 is 21.8 Å². The van der Waals surface area contributed by atoms with Crippen molar-refractivity contribution in [2.45, 2.75) is 37.6 Å². The quantitative estimate of drug-likeness (QED) is 0.720. The number of nitrogens with zero attached hydrogens (tertiary/aromatic N) is 1. The molecule has 90 valence electrons. The summed E-state index contributed by atoms with van der Waals surface area (Å²) in [5, 5.41) is 0. The van der Waals surface area contributed by atoms with Gasteiger partial charge in [-0.05, 0) is 42.5 Å². The molecule has 2 atom stereocenters. The monoisotopic (exact) mass is 293 g/mol. The molecule has 0 N–H and O–H groups in total. The van der Waals surface area contributed by atoms with Crippen molar-refractivity contribution in [2.75, 3.05) is 7.05 Å². The molecule has 1 amide bonds. The Kier molecular flexibility index (Phi) is 2.74. The molecule has 1 heterocycles. The van der Waals surface area contributed by atoms with Crippen LogP contribution in [0.1, 0.15) is 36.3 Å². The minimum atomic E-state index is 0.312. The summed E-state index contributed by atoms with van der Waals surface area (Å²) < 4.78 is 1.16. The van der Waals surface area contributed by atoms with Crippen molar-refractivity contribution in [2.24, 2.45) is 0 Å². The molecule has 1 fully saturated rings. The standard InChI is InChI=1S/C14H16BrNO/c1-16-13-6-2-9-8-10(15)3-4-11(9)12(13)5-7-14(16)17/h3-4,8,12-13H,2,5-7H2,1H3/t12-,13+/m0/s1. The predicted octanol–water partition coefficient (Wildman–Crippen LogP) is 3.10. The van der Waals surface area contributed by atoms with Gasteiger partial charge in [0.15, 0.2) is 0 Å².